The van der Waals surface area contributed by atoms with Crippen molar-refractivity contribution in [1.82, 2.24) is 19.3 Å². The van der Waals surface area contributed by atoms with Crippen LogP contribution in [0.1, 0.15) is 133 Å². The summed E-state index contributed by atoms with van der Waals surface area (Å²) < 4.78 is 7.10. The summed E-state index contributed by atoms with van der Waals surface area (Å²) in [7, 11) is 0. The lowest BCUT2D eigenvalue weighted by Gasteiger charge is -2.53. The zero-order valence-electron chi connectivity index (χ0n) is 29.8. The van der Waals surface area contributed by atoms with Gasteiger partial charge in [-0.05, 0) is 76.7 Å². The molecule has 1 unspecified atom stereocenters. The Hall–Kier alpha value is -2.88. The van der Waals surface area contributed by atoms with Crippen LogP contribution in [0.2, 0.25) is 0 Å². The van der Waals surface area contributed by atoms with Crippen molar-refractivity contribution in [2.75, 3.05) is 39.3 Å². The molecule has 0 radical (unpaired) electrons. The van der Waals surface area contributed by atoms with E-state index in [4.69, 9.17) is 4.74 Å². The first-order valence-electron chi connectivity index (χ1n) is 18.8. The number of carbonyl (C=O) groups excluding carboxylic acids is 3. The molecule has 266 valence electrons. The number of rotatable bonds is 7. The predicted octanol–water partition coefficient (Wildman–Crippen LogP) is 5.55. The van der Waals surface area contributed by atoms with E-state index >= 15 is 0 Å². The first-order valence-corrected chi connectivity index (χ1v) is 18.8. The quantitative estimate of drug-likeness (QED) is 0.409. The van der Waals surface area contributed by atoms with Crippen molar-refractivity contribution < 1.29 is 24.2 Å². The van der Waals surface area contributed by atoms with Gasteiger partial charge < -0.3 is 29.1 Å². The van der Waals surface area contributed by atoms with Gasteiger partial charge in [0.2, 0.25) is 5.91 Å². The highest BCUT2D eigenvalue weighted by molar-refractivity contribution is 5.96. The third-order valence-corrected chi connectivity index (χ3v) is 12.0. The number of ether oxygens (including phenoxy) is 1. The highest BCUT2D eigenvalue weighted by atomic mass is 16.6. The van der Waals surface area contributed by atoms with Gasteiger partial charge in [0.1, 0.15) is 5.60 Å². The number of hydrogen-bond donors (Lipinski definition) is 1. The van der Waals surface area contributed by atoms with E-state index in [0.717, 1.165) is 50.5 Å². The fourth-order valence-corrected chi connectivity index (χ4v) is 9.11. The molecule has 3 amide bonds. The third-order valence-electron chi connectivity index (χ3n) is 12.0. The van der Waals surface area contributed by atoms with Crippen LogP contribution in [0.15, 0.2) is 17.1 Å². The molecule has 1 N–H and O–H groups in total. The van der Waals surface area contributed by atoms with Crippen LogP contribution >= 0.6 is 0 Å². The molecule has 2 aliphatic heterocycles. The van der Waals surface area contributed by atoms with E-state index in [1.807, 2.05) is 25.7 Å². The van der Waals surface area contributed by atoms with Crippen LogP contribution in [0, 0.1) is 17.3 Å². The minimum absolute atomic E-state index is 0.0186. The minimum Gasteiger partial charge on any atom is -0.444 e. The molecule has 5 aliphatic rings. The number of piperidine rings is 1. The summed E-state index contributed by atoms with van der Waals surface area (Å²) in [5, 5.41) is 12.5. The Kier molecular flexibility index (Phi) is 10.0. The van der Waals surface area contributed by atoms with E-state index in [-0.39, 0.29) is 41.8 Å². The maximum atomic E-state index is 14.0. The molecule has 3 saturated carbocycles. The summed E-state index contributed by atoms with van der Waals surface area (Å²) in [6, 6.07) is 1.62. The van der Waals surface area contributed by atoms with Crippen LogP contribution in [0.4, 0.5) is 4.79 Å². The fourth-order valence-electron chi connectivity index (χ4n) is 9.11. The van der Waals surface area contributed by atoms with E-state index in [2.05, 4.69) is 6.92 Å². The molecule has 3 heterocycles. The standard InChI is InChI=1S/C38H58N4O6/c1-27(22-28-10-6-5-7-11-28)33(44)41-17-16-38(47,37(25-41)14-8-9-15-37)26-42-24-31(30(23-32(42)43)29-12-13-29)34(45)39-18-20-40(21-19-39)35(46)48-36(2,3)4/h23-24,27-29,47H,5-22,25-26H2,1-4H3/t27-,38?/m1/s1. The molecule has 1 spiro atoms. The first kappa shape index (κ1) is 35.0. The number of nitrogens with zero attached hydrogens (tertiary/aromatic N) is 4. The minimum atomic E-state index is -1.16. The Labute approximate surface area is 286 Å². The van der Waals surface area contributed by atoms with Gasteiger partial charge in [-0.2, -0.15) is 0 Å². The average Bonchev–Trinajstić information content (AvgIpc) is 3.79. The van der Waals surface area contributed by atoms with Crippen LogP contribution in [-0.4, -0.2) is 92.8 Å². The highest BCUT2D eigenvalue weighted by Crippen LogP contribution is 2.52. The molecule has 48 heavy (non-hydrogen) atoms. The van der Waals surface area contributed by atoms with E-state index in [1.54, 1.807) is 26.6 Å². The lowest BCUT2D eigenvalue weighted by molar-refractivity contribution is -0.163. The van der Waals surface area contributed by atoms with Crippen molar-refractivity contribution in [1.29, 1.82) is 0 Å². The summed E-state index contributed by atoms with van der Waals surface area (Å²) >= 11 is 0. The second kappa shape index (κ2) is 13.8. The zero-order chi connectivity index (χ0) is 34.3. The number of aliphatic hydroxyl groups is 1. The number of aromatic nitrogens is 1. The van der Waals surface area contributed by atoms with Crippen LogP contribution in [0.3, 0.4) is 0 Å². The van der Waals surface area contributed by atoms with Crippen molar-refractivity contribution in [3.8, 4) is 0 Å². The number of carbonyl (C=O) groups is 3. The monoisotopic (exact) mass is 666 g/mol. The maximum absolute atomic E-state index is 14.0. The zero-order valence-corrected chi connectivity index (χ0v) is 29.8. The summed E-state index contributed by atoms with van der Waals surface area (Å²) in [4.78, 5) is 59.4. The number of amides is 3. The lowest BCUT2D eigenvalue weighted by Crippen LogP contribution is -2.62. The van der Waals surface area contributed by atoms with Crippen molar-refractivity contribution in [3.05, 3.63) is 33.7 Å². The largest absolute Gasteiger partial charge is 0.444 e. The summed E-state index contributed by atoms with van der Waals surface area (Å²) in [6.45, 7) is 10.3. The van der Waals surface area contributed by atoms with Crippen molar-refractivity contribution in [2.24, 2.45) is 17.3 Å². The van der Waals surface area contributed by atoms with Gasteiger partial charge in [-0.15, -0.1) is 0 Å². The van der Waals surface area contributed by atoms with Gasteiger partial charge in [0, 0.05) is 62.9 Å². The number of pyridine rings is 1. The van der Waals surface area contributed by atoms with Crippen molar-refractivity contribution in [2.45, 2.75) is 135 Å². The molecule has 1 aromatic rings. The summed E-state index contributed by atoms with van der Waals surface area (Å²) in [5.74, 6) is 0.887. The third kappa shape index (κ3) is 7.48. The summed E-state index contributed by atoms with van der Waals surface area (Å²) in [6.07, 6.45) is 14.5. The van der Waals surface area contributed by atoms with Crippen molar-refractivity contribution in [3.63, 3.8) is 0 Å². The molecule has 10 heteroatoms. The van der Waals surface area contributed by atoms with E-state index in [0.29, 0.717) is 57.2 Å². The Morgan fingerprint density at radius 1 is 0.896 bits per heavy atom. The van der Waals surface area contributed by atoms with Crippen LogP contribution in [0.5, 0.6) is 0 Å². The van der Waals surface area contributed by atoms with Crippen molar-refractivity contribution >= 4 is 17.9 Å². The van der Waals surface area contributed by atoms with E-state index in [9.17, 15) is 24.3 Å². The smallest absolute Gasteiger partial charge is 0.410 e. The van der Waals surface area contributed by atoms with Gasteiger partial charge in [0.15, 0.2) is 0 Å². The Morgan fingerprint density at radius 3 is 2.17 bits per heavy atom. The summed E-state index contributed by atoms with van der Waals surface area (Å²) in [5.41, 5.74) is -1.08. The Morgan fingerprint density at radius 2 is 1.54 bits per heavy atom. The van der Waals surface area contributed by atoms with Crippen LogP contribution < -0.4 is 5.56 Å². The molecule has 0 bridgehead atoms. The van der Waals surface area contributed by atoms with Crippen LogP contribution in [-0.2, 0) is 16.1 Å². The van der Waals surface area contributed by atoms with Gasteiger partial charge in [0.05, 0.1) is 17.7 Å². The molecule has 10 nitrogen and oxygen atoms in total. The molecule has 3 aliphatic carbocycles. The molecule has 5 fully saturated rings. The average molecular weight is 667 g/mol. The molecule has 2 atom stereocenters. The molecule has 1 aromatic heterocycles. The molecule has 6 rings (SSSR count). The fraction of sp³-hybridized carbons (Fsp3) is 0.789. The SMILES string of the molecule is C[C@H](CC1CCCCC1)C(=O)N1CCC(O)(Cn2cc(C(=O)N3CCN(C(=O)OC(C)(C)C)CC3)c(C3CC3)cc2=O)C2(CCCC2)C1. The second-order valence-corrected chi connectivity index (χ2v) is 16.8. The van der Waals surface area contributed by atoms with Gasteiger partial charge in [-0.3, -0.25) is 14.4 Å². The van der Waals surface area contributed by atoms with Gasteiger partial charge in [0.25, 0.3) is 11.5 Å². The Bertz CT molecular complexity index is 1410. The van der Waals surface area contributed by atoms with E-state index in [1.165, 1.54) is 32.1 Å². The molecular weight excluding hydrogens is 608 g/mol. The van der Waals surface area contributed by atoms with Gasteiger partial charge in [-0.25, -0.2) is 4.79 Å². The second-order valence-electron chi connectivity index (χ2n) is 16.8. The van der Waals surface area contributed by atoms with E-state index < -0.39 is 16.6 Å². The van der Waals surface area contributed by atoms with Gasteiger partial charge in [-0.1, -0.05) is 51.9 Å². The maximum Gasteiger partial charge on any atom is 0.410 e. The molecule has 0 aromatic carbocycles. The molecular formula is C38H58N4O6. The lowest BCUT2D eigenvalue weighted by atomic mass is 9.65. The number of likely N-dealkylation sites (tertiary alicyclic amines) is 1. The number of piperazine rings is 1. The molecule has 2 saturated heterocycles. The number of hydrogen-bond acceptors (Lipinski definition) is 6. The topological polar surface area (TPSA) is 112 Å². The predicted molar refractivity (Wildman–Crippen MR) is 184 cm³/mol. The van der Waals surface area contributed by atoms with Crippen LogP contribution in [0.25, 0.3) is 0 Å². The highest BCUT2D eigenvalue weighted by Gasteiger charge is 2.56. The Balaban J connectivity index is 1.17. The first-order chi connectivity index (χ1) is 22.8. The van der Waals surface area contributed by atoms with Gasteiger partial charge >= 0.3 is 6.09 Å². The normalized spacial score (nSPS) is 25.7.